The van der Waals surface area contributed by atoms with Crippen molar-refractivity contribution in [1.82, 2.24) is 10.2 Å². The molecule has 1 spiro atoms. The van der Waals surface area contributed by atoms with Gasteiger partial charge in [0, 0.05) is 5.54 Å². The first-order chi connectivity index (χ1) is 17.6. The number of carbonyl (C=O) groups is 3. The number of hydrogen-bond donors (Lipinski definition) is 2. The Balaban J connectivity index is 1.84. The minimum absolute atomic E-state index is 0.0419. The topological polar surface area (TPSA) is 105 Å². The SMILES string of the molecule is CCOC(=O)[C@H]1[C@H]2C(=O)N([C@H](CO)c3ccccc3)C(C(=O)NC(C)(C)CC(C)(C)C)C23CC(C)[C@]1(C)O3. The van der Waals surface area contributed by atoms with Gasteiger partial charge in [-0.15, -0.1) is 0 Å². The molecule has 0 aromatic heterocycles. The molecular formula is C30H44N2O6. The van der Waals surface area contributed by atoms with Gasteiger partial charge in [-0.05, 0) is 57.4 Å². The van der Waals surface area contributed by atoms with E-state index in [-0.39, 0.29) is 36.4 Å². The summed E-state index contributed by atoms with van der Waals surface area (Å²) < 4.78 is 12.2. The summed E-state index contributed by atoms with van der Waals surface area (Å²) >= 11 is 0. The number of carbonyl (C=O) groups excluding carboxylic acids is 3. The van der Waals surface area contributed by atoms with Gasteiger partial charge in [0.25, 0.3) is 0 Å². The number of benzene rings is 1. The Morgan fingerprint density at radius 1 is 1.21 bits per heavy atom. The predicted molar refractivity (Wildman–Crippen MR) is 143 cm³/mol. The summed E-state index contributed by atoms with van der Waals surface area (Å²) in [7, 11) is 0. The largest absolute Gasteiger partial charge is 0.466 e. The molecule has 3 fully saturated rings. The number of amides is 2. The number of hydrogen-bond acceptors (Lipinski definition) is 6. The molecule has 0 aliphatic carbocycles. The number of nitrogens with zero attached hydrogens (tertiary/aromatic N) is 1. The maximum absolute atomic E-state index is 14.4. The summed E-state index contributed by atoms with van der Waals surface area (Å²) in [5.41, 5.74) is -2.02. The van der Waals surface area contributed by atoms with Crippen LogP contribution in [0.2, 0.25) is 0 Å². The van der Waals surface area contributed by atoms with Crippen molar-refractivity contribution in [2.75, 3.05) is 13.2 Å². The minimum Gasteiger partial charge on any atom is -0.466 e. The highest BCUT2D eigenvalue weighted by molar-refractivity contribution is 5.99. The van der Waals surface area contributed by atoms with E-state index in [0.717, 1.165) is 0 Å². The Bertz CT molecular complexity index is 1080. The summed E-state index contributed by atoms with van der Waals surface area (Å²) in [5.74, 6) is -2.95. The molecule has 210 valence electrons. The van der Waals surface area contributed by atoms with Crippen LogP contribution in [0.15, 0.2) is 30.3 Å². The summed E-state index contributed by atoms with van der Waals surface area (Å²) in [5, 5.41) is 13.8. The van der Waals surface area contributed by atoms with Crippen molar-refractivity contribution >= 4 is 17.8 Å². The highest BCUT2D eigenvalue weighted by Gasteiger charge is 2.80. The van der Waals surface area contributed by atoms with Crippen LogP contribution < -0.4 is 5.32 Å². The molecule has 3 aliphatic rings. The highest BCUT2D eigenvalue weighted by Crippen LogP contribution is 2.66. The third-order valence-electron chi connectivity index (χ3n) is 8.67. The smallest absolute Gasteiger partial charge is 0.312 e. The van der Waals surface area contributed by atoms with Crippen LogP contribution in [0, 0.1) is 23.2 Å². The standard InChI is InChI=1S/C30H44N2O6/c1-9-37-26(36)22-21-25(35)32(20(16-33)19-13-11-10-12-14-19)23(30(21)15-18(2)29(22,8)38-30)24(34)31-28(6,7)17-27(3,4)5/h10-14,18,20-23,33H,9,15-17H2,1-8H3,(H,31,34)/t18?,20-,21+,22-,23?,29+,30?/m1/s1. The lowest BCUT2D eigenvalue weighted by molar-refractivity contribution is -0.162. The lowest BCUT2D eigenvalue weighted by Crippen LogP contribution is -2.60. The first-order valence-electron chi connectivity index (χ1n) is 13.8. The molecule has 2 bridgehead atoms. The zero-order valence-electron chi connectivity index (χ0n) is 24.0. The van der Waals surface area contributed by atoms with Gasteiger partial charge in [0.15, 0.2) is 0 Å². The number of esters is 1. The van der Waals surface area contributed by atoms with E-state index in [1.807, 2.05) is 58.0 Å². The van der Waals surface area contributed by atoms with E-state index in [1.165, 1.54) is 4.90 Å². The molecule has 1 aromatic rings. The predicted octanol–water partition coefficient (Wildman–Crippen LogP) is 3.62. The van der Waals surface area contributed by atoms with Gasteiger partial charge in [-0.1, -0.05) is 58.0 Å². The second kappa shape index (κ2) is 9.63. The number of ether oxygens (including phenoxy) is 2. The number of likely N-dealkylation sites (tertiary alicyclic amines) is 1. The molecule has 0 saturated carbocycles. The molecule has 2 N–H and O–H groups in total. The number of aliphatic hydroxyl groups is 1. The number of nitrogens with one attached hydrogen (secondary N) is 1. The van der Waals surface area contributed by atoms with E-state index in [1.54, 1.807) is 6.92 Å². The van der Waals surface area contributed by atoms with Crippen LogP contribution in [-0.4, -0.2) is 63.8 Å². The van der Waals surface area contributed by atoms with E-state index < -0.39 is 46.6 Å². The molecule has 3 aliphatic heterocycles. The molecule has 3 saturated heterocycles. The average molecular weight is 529 g/mol. The van der Waals surface area contributed by atoms with E-state index in [9.17, 15) is 19.5 Å². The molecule has 0 radical (unpaired) electrons. The number of fused-ring (bicyclic) bond motifs is 1. The lowest BCUT2D eigenvalue weighted by Gasteiger charge is -2.40. The van der Waals surface area contributed by atoms with Gasteiger partial charge >= 0.3 is 5.97 Å². The molecule has 4 rings (SSSR count). The van der Waals surface area contributed by atoms with Crippen LogP contribution >= 0.6 is 0 Å². The Hall–Kier alpha value is -2.45. The van der Waals surface area contributed by atoms with Crippen LogP contribution in [-0.2, 0) is 23.9 Å². The summed E-state index contributed by atoms with van der Waals surface area (Å²) in [4.78, 5) is 43.5. The number of aliphatic hydroxyl groups excluding tert-OH is 1. The second-order valence-corrected chi connectivity index (χ2v) is 13.4. The Morgan fingerprint density at radius 3 is 2.39 bits per heavy atom. The van der Waals surface area contributed by atoms with Crippen LogP contribution in [0.5, 0.6) is 0 Å². The monoisotopic (exact) mass is 528 g/mol. The van der Waals surface area contributed by atoms with E-state index in [2.05, 4.69) is 26.1 Å². The fourth-order valence-corrected chi connectivity index (χ4v) is 7.70. The van der Waals surface area contributed by atoms with E-state index >= 15 is 0 Å². The minimum atomic E-state index is -1.20. The van der Waals surface area contributed by atoms with Gasteiger partial charge in [-0.25, -0.2) is 0 Å². The fourth-order valence-electron chi connectivity index (χ4n) is 7.70. The molecule has 7 atom stereocenters. The van der Waals surface area contributed by atoms with Gasteiger partial charge in [0.2, 0.25) is 11.8 Å². The van der Waals surface area contributed by atoms with Crippen LogP contribution in [0.25, 0.3) is 0 Å². The Morgan fingerprint density at radius 2 is 1.84 bits per heavy atom. The fraction of sp³-hybridized carbons (Fsp3) is 0.700. The van der Waals surface area contributed by atoms with Gasteiger partial charge in [0.1, 0.15) is 17.6 Å². The summed E-state index contributed by atoms with van der Waals surface area (Å²) in [6.07, 6.45) is 1.17. The zero-order chi connectivity index (χ0) is 28.3. The molecule has 8 nitrogen and oxygen atoms in total. The Kier molecular flexibility index (Phi) is 7.24. The summed E-state index contributed by atoms with van der Waals surface area (Å²) in [6.45, 7) is 15.7. The average Bonchev–Trinajstić information content (AvgIpc) is 3.30. The number of rotatable bonds is 8. The van der Waals surface area contributed by atoms with Crippen molar-refractivity contribution in [2.45, 2.75) is 97.1 Å². The van der Waals surface area contributed by atoms with Crippen molar-refractivity contribution in [1.29, 1.82) is 0 Å². The molecule has 3 heterocycles. The van der Waals surface area contributed by atoms with Gasteiger partial charge in [-0.2, -0.15) is 0 Å². The van der Waals surface area contributed by atoms with Crippen LogP contribution in [0.4, 0.5) is 0 Å². The maximum Gasteiger partial charge on any atom is 0.312 e. The van der Waals surface area contributed by atoms with Gasteiger partial charge < -0.3 is 24.8 Å². The molecular weight excluding hydrogens is 484 g/mol. The third-order valence-corrected chi connectivity index (χ3v) is 8.67. The molecule has 2 amide bonds. The lowest BCUT2D eigenvalue weighted by atomic mass is 9.62. The van der Waals surface area contributed by atoms with Crippen LogP contribution in [0.3, 0.4) is 0 Å². The second-order valence-electron chi connectivity index (χ2n) is 13.4. The Labute approximate surface area is 226 Å². The first kappa shape index (κ1) is 28.6. The molecule has 8 heteroatoms. The van der Waals surface area contributed by atoms with E-state index in [4.69, 9.17) is 9.47 Å². The molecule has 1 aromatic carbocycles. The summed E-state index contributed by atoms with van der Waals surface area (Å²) in [6, 6.07) is 7.43. The quantitative estimate of drug-likeness (QED) is 0.500. The molecule has 3 unspecified atom stereocenters. The van der Waals surface area contributed by atoms with Crippen molar-refractivity contribution in [3.05, 3.63) is 35.9 Å². The van der Waals surface area contributed by atoms with E-state index in [0.29, 0.717) is 18.4 Å². The van der Waals surface area contributed by atoms with Crippen molar-refractivity contribution in [2.24, 2.45) is 23.2 Å². The normalized spacial score (nSPS) is 33.3. The first-order valence-corrected chi connectivity index (χ1v) is 13.8. The third kappa shape index (κ3) is 4.53. The van der Waals surface area contributed by atoms with Crippen molar-refractivity contribution in [3.8, 4) is 0 Å². The van der Waals surface area contributed by atoms with Crippen LogP contribution in [0.1, 0.15) is 79.8 Å². The molecule has 38 heavy (non-hydrogen) atoms. The van der Waals surface area contributed by atoms with Crippen molar-refractivity contribution < 1.29 is 29.0 Å². The highest BCUT2D eigenvalue weighted by atomic mass is 16.6. The van der Waals surface area contributed by atoms with Gasteiger partial charge in [0.05, 0.1) is 30.8 Å². The zero-order valence-corrected chi connectivity index (χ0v) is 24.0. The maximum atomic E-state index is 14.4. The van der Waals surface area contributed by atoms with Crippen molar-refractivity contribution in [3.63, 3.8) is 0 Å². The van der Waals surface area contributed by atoms with Gasteiger partial charge in [-0.3, -0.25) is 14.4 Å².